The van der Waals surface area contributed by atoms with Crippen molar-refractivity contribution in [1.82, 2.24) is 14.7 Å². The molecule has 5 heteroatoms. The first kappa shape index (κ1) is 11.6. The fourth-order valence-electron chi connectivity index (χ4n) is 2.10. The molecule has 1 aliphatic heterocycles. The second kappa shape index (κ2) is 4.95. The number of aromatic nitrogens is 2. The first-order valence-electron chi connectivity index (χ1n) is 5.75. The third kappa shape index (κ3) is 2.42. The lowest BCUT2D eigenvalue weighted by Crippen LogP contribution is -2.46. The molecule has 0 saturated carbocycles. The zero-order valence-electron chi connectivity index (χ0n) is 9.97. The average molecular weight is 224 g/mol. The Morgan fingerprint density at radius 1 is 1.69 bits per heavy atom. The first-order chi connectivity index (χ1) is 7.70. The summed E-state index contributed by atoms with van der Waals surface area (Å²) in [5.74, 6) is 0. The van der Waals surface area contributed by atoms with Gasteiger partial charge in [0.15, 0.2) is 0 Å². The quantitative estimate of drug-likeness (QED) is 0.793. The van der Waals surface area contributed by atoms with Crippen LogP contribution < -0.4 is 5.73 Å². The van der Waals surface area contributed by atoms with Crippen molar-refractivity contribution in [2.24, 2.45) is 12.8 Å². The Morgan fingerprint density at radius 3 is 3.12 bits per heavy atom. The van der Waals surface area contributed by atoms with E-state index in [1.165, 1.54) is 5.56 Å². The zero-order chi connectivity index (χ0) is 11.5. The molecule has 0 bridgehead atoms. The molecule has 1 aromatic rings. The Bertz CT molecular complexity index is 338. The molecule has 1 fully saturated rings. The molecule has 0 spiro atoms. The van der Waals surface area contributed by atoms with E-state index in [0.29, 0.717) is 12.6 Å². The molecule has 2 unspecified atom stereocenters. The Balaban J connectivity index is 2.01. The van der Waals surface area contributed by atoms with Crippen LogP contribution in [0.5, 0.6) is 0 Å². The van der Waals surface area contributed by atoms with Crippen LogP contribution in [0.1, 0.15) is 18.5 Å². The standard InChI is InChI=1S/C11H20N4O/c1-9(10-6-13-14(2)7-10)15-3-4-16-11(5-12)8-15/h6-7,9,11H,3-5,8,12H2,1-2H3. The molecule has 1 aliphatic rings. The molecule has 0 aliphatic carbocycles. The highest BCUT2D eigenvalue weighted by atomic mass is 16.5. The third-order valence-electron chi connectivity index (χ3n) is 3.19. The Labute approximate surface area is 96.2 Å². The van der Waals surface area contributed by atoms with Crippen LogP contribution in [0.15, 0.2) is 12.4 Å². The maximum atomic E-state index is 5.64. The first-order valence-corrected chi connectivity index (χ1v) is 5.75. The number of rotatable bonds is 3. The lowest BCUT2D eigenvalue weighted by molar-refractivity contribution is -0.0364. The van der Waals surface area contributed by atoms with Crippen LogP contribution >= 0.6 is 0 Å². The summed E-state index contributed by atoms with van der Waals surface area (Å²) >= 11 is 0. The molecule has 1 saturated heterocycles. The van der Waals surface area contributed by atoms with Crippen LogP contribution in [0.2, 0.25) is 0 Å². The molecule has 2 N–H and O–H groups in total. The van der Waals surface area contributed by atoms with Crippen LogP contribution in [0.4, 0.5) is 0 Å². The lowest BCUT2D eigenvalue weighted by Gasteiger charge is -2.36. The zero-order valence-corrected chi connectivity index (χ0v) is 9.97. The van der Waals surface area contributed by atoms with Gasteiger partial charge in [-0.15, -0.1) is 0 Å². The molecule has 2 rings (SSSR count). The van der Waals surface area contributed by atoms with Gasteiger partial charge in [0.1, 0.15) is 0 Å². The molecule has 2 atom stereocenters. The van der Waals surface area contributed by atoms with E-state index in [2.05, 4.69) is 23.1 Å². The van der Waals surface area contributed by atoms with E-state index in [9.17, 15) is 0 Å². The van der Waals surface area contributed by atoms with E-state index in [0.717, 1.165) is 19.7 Å². The van der Waals surface area contributed by atoms with E-state index in [-0.39, 0.29) is 6.10 Å². The summed E-state index contributed by atoms with van der Waals surface area (Å²) in [6, 6.07) is 0.381. The van der Waals surface area contributed by atoms with Gasteiger partial charge in [-0.3, -0.25) is 9.58 Å². The highest BCUT2D eigenvalue weighted by Crippen LogP contribution is 2.21. The molecule has 0 radical (unpaired) electrons. The average Bonchev–Trinajstić information content (AvgIpc) is 2.75. The van der Waals surface area contributed by atoms with Crippen molar-refractivity contribution >= 4 is 0 Å². The topological polar surface area (TPSA) is 56.3 Å². The minimum atomic E-state index is 0.174. The minimum absolute atomic E-state index is 0.174. The molecule has 1 aromatic heterocycles. The summed E-state index contributed by atoms with van der Waals surface area (Å²) in [5, 5.41) is 4.21. The van der Waals surface area contributed by atoms with Gasteiger partial charge >= 0.3 is 0 Å². The van der Waals surface area contributed by atoms with Gasteiger partial charge in [-0.25, -0.2) is 0 Å². The van der Waals surface area contributed by atoms with Crippen molar-refractivity contribution in [2.45, 2.75) is 19.1 Å². The highest BCUT2D eigenvalue weighted by Gasteiger charge is 2.24. The Morgan fingerprint density at radius 2 is 2.50 bits per heavy atom. The van der Waals surface area contributed by atoms with E-state index in [1.807, 2.05) is 17.9 Å². The summed E-state index contributed by atoms with van der Waals surface area (Å²) in [6.45, 7) is 5.44. The van der Waals surface area contributed by atoms with E-state index in [1.54, 1.807) is 0 Å². The van der Waals surface area contributed by atoms with Gasteiger partial charge < -0.3 is 10.5 Å². The molecule has 2 heterocycles. The number of aryl methyl sites for hydroxylation is 1. The molecule has 5 nitrogen and oxygen atoms in total. The molecule has 0 aromatic carbocycles. The summed E-state index contributed by atoms with van der Waals surface area (Å²) in [6.07, 6.45) is 4.17. The summed E-state index contributed by atoms with van der Waals surface area (Å²) in [7, 11) is 1.94. The van der Waals surface area contributed by atoms with Gasteiger partial charge in [-0.2, -0.15) is 5.10 Å². The maximum absolute atomic E-state index is 5.64. The molecule has 0 amide bonds. The number of nitrogens with zero attached hydrogens (tertiary/aromatic N) is 3. The van der Waals surface area contributed by atoms with Crippen molar-refractivity contribution < 1.29 is 4.74 Å². The molecular formula is C11H20N4O. The smallest absolute Gasteiger partial charge is 0.0824 e. The van der Waals surface area contributed by atoms with Crippen LogP contribution in [0.3, 0.4) is 0 Å². The highest BCUT2D eigenvalue weighted by molar-refractivity contribution is 5.09. The van der Waals surface area contributed by atoms with Crippen LogP contribution in [-0.4, -0.2) is 47.0 Å². The van der Waals surface area contributed by atoms with Gasteiger partial charge in [-0.05, 0) is 6.92 Å². The van der Waals surface area contributed by atoms with Crippen molar-refractivity contribution in [3.63, 3.8) is 0 Å². The van der Waals surface area contributed by atoms with E-state index in [4.69, 9.17) is 10.5 Å². The van der Waals surface area contributed by atoms with E-state index < -0.39 is 0 Å². The van der Waals surface area contributed by atoms with Crippen molar-refractivity contribution in [2.75, 3.05) is 26.2 Å². The van der Waals surface area contributed by atoms with Gasteiger partial charge in [0.2, 0.25) is 0 Å². The van der Waals surface area contributed by atoms with Crippen molar-refractivity contribution in [3.05, 3.63) is 18.0 Å². The van der Waals surface area contributed by atoms with Crippen LogP contribution in [0.25, 0.3) is 0 Å². The van der Waals surface area contributed by atoms with Crippen LogP contribution in [0, 0.1) is 0 Å². The third-order valence-corrected chi connectivity index (χ3v) is 3.19. The minimum Gasteiger partial charge on any atom is -0.374 e. The van der Waals surface area contributed by atoms with Gasteiger partial charge in [-0.1, -0.05) is 0 Å². The predicted molar refractivity (Wildman–Crippen MR) is 62.0 cm³/mol. The SMILES string of the molecule is CC(c1cnn(C)c1)N1CCOC(CN)C1. The summed E-state index contributed by atoms with van der Waals surface area (Å²) in [5.41, 5.74) is 6.89. The number of morpholine rings is 1. The fourth-order valence-corrected chi connectivity index (χ4v) is 2.10. The van der Waals surface area contributed by atoms with Crippen molar-refractivity contribution in [1.29, 1.82) is 0 Å². The van der Waals surface area contributed by atoms with Gasteiger partial charge in [0.25, 0.3) is 0 Å². The summed E-state index contributed by atoms with van der Waals surface area (Å²) in [4.78, 5) is 2.40. The lowest BCUT2D eigenvalue weighted by atomic mass is 10.1. The fraction of sp³-hybridized carbons (Fsp3) is 0.727. The Hall–Kier alpha value is -0.910. The number of ether oxygens (including phenoxy) is 1. The number of hydrogen-bond donors (Lipinski definition) is 1. The van der Waals surface area contributed by atoms with Gasteiger partial charge in [0.05, 0.1) is 18.9 Å². The van der Waals surface area contributed by atoms with Crippen molar-refractivity contribution in [3.8, 4) is 0 Å². The second-order valence-electron chi connectivity index (χ2n) is 4.35. The van der Waals surface area contributed by atoms with Gasteiger partial charge in [0, 0.05) is 44.5 Å². The molecule has 90 valence electrons. The molecule has 16 heavy (non-hydrogen) atoms. The maximum Gasteiger partial charge on any atom is 0.0824 e. The van der Waals surface area contributed by atoms with E-state index >= 15 is 0 Å². The molecular weight excluding hydrogens is 204 g/mol. The normalized spacial score (nSPS) is 24.6. The summed E-state index contributed by atoms with van der Waals surface area (Å²) < 4.78 is 7.40. The largest absolute Gasteiger partial charge is 0.374 e. The van der Waals surface area contributed by atoms with Crippen LogP contribution in [-0.2, 0) is 11.8 Å². The predicted octanol–water partition coefficient (Wildman–Crippen LogP) is 0.141. The second-order valence-corrected chi connectivity index (χ2v) is 4.35. The number of nitrogens with two attached hydrogens (primary N) is 1. The monoisotopic (exact) mass is 224 g/mol. The number of hydrogen-bond acceptors (Lipinski definition) is 4. The Kier molecular flexibility index (Phi) is 3.58.